The van der Waals surface area contributed by atoms with Crippen molar-refractivity contribution < 1.29 is 14.3 Å². The first-order valence-electron chi connectivity index (χ1n) is 9.83. The molecule has 29 heavy (non-hydrogen) atoms. The molecule has 1 aromatic carbocycles. The zero-order chi connectivity index (χ0) is 20.0. The van der Waals surface area contributed by atoms with Crippen molar-refractivity contribution in [1.29, 1.82) is 0 Å². The van der Waals surface area contributed by atoms with Crippen molar-refractivity contribution in [2.75, 3.05) is 41.8 Å². The molecule has 1 spiro atoms. The maximum absolute atomic E-state index is 13.1. The minimum Gasteiger partial charge on any atom is -0.378 e. The van der Waals surface area contributed by atoms with E-state index in [0.717, 1.165) is 35.0 Å². The zero-order valence-corrected chi connectivity index (χ0v) is 17.4. The van der Waals surface area contributed by atoms with Crippen molar-refractivity contribution in [1.82, 2.24) is 4.98 Å². The predicted molar refractivity (Wildman–Crippen MR) is 114 cm³/mol. The highest BCUT2D eigenvalue weighted by Gasteiger charge is 2.51. The summed E-state index contributed by atoms with van der Waals surface area (Å²) in [5.41, 5.74) is 2.55. The van der Waals surface area contributed by atoms with Crippen molar-refractivity contribution in [3.05, 3.63) is 46.1 Å². The monoisotopic (exact) mass is 456 g/mol. The van der Waals surface area contributed by atoms with E-state index in [1.54, 1.807) is 18.3 Å². The smallest absolute Gasteiger partial charge is 0.259 e. The minimum absolute atomic E-state index is 0.0600. The molecular formula is C21H21BrN4O3. The van der Waals surface area contributed by atoms with Crippen molar-refractivity contribution in [2.24, 2.45) is 0 Å². The number of benzene rings is 1. The third-order valence-electron chi connectivity index (χ3n) is 6.09. The molecule has 1 saturated heterocycles. The lowest BCUT2D eigenvalue weighted by molar-refractivity contribution is -0.123. The average molecular weight is 457 g/mol. The van der Waals surface area contributed by atoms with Gasteiger partial charge in [0, 0.05) is 29.4 Å². The summed E-state index contributed by atoms with van der Waals surface area (Å²) in [7, 11) is 0. The van der Waals surface area contributed by atoms with Crippen LogP contribution in [0.1, 0.15) is 35.2 Å². The van der Waals surface area contributed by atoms with Crippen LogP contribution in [0.3, 0.4) is 0 Å². The molecule has 150 valence electrons. The van der Waals surface area contributed by atoms with E-state index in [9.17, 15) is 9.59 Å². The highest BCUT2D eigenvalue weighted by atomic mass is 79.9. The molecule has 0 atom stereocenters. The number of rotatable bonds is 3. The fraction of sp³-hybridized carbons (Fsp3) is 0.381. The molecule has 0 radical (unpaired) electrons. The van der Waals surface area contributed by atoms with Crippen molar-refractivity contribution in [2.45, 2.75) is 24.7 Å². The highest BCUT2D eigenvalue weighted by molar-refractivity contribution is 9.10. The van der Waals surface area contributed by atoms with Gasteiger partial charge in [0.1, 0.15) is 5.82 Å². The summed E-state index contributed by atoms with van der Waals surface area (Å²) in [6.45, 7) is 2.66. The number of morpholine rings is 1. The zero-order valence-electron chi connectivity index (χ0n) is 15.8. The molecule has 7 nitrogen and oxygen atoms in total. The number of ether oxygens (including phenoxy) is 1. The van der Waals surface area contributed by atoms with Crippen molar-refractivity contribution in [3.8, 4) is 0 Å². The summed E-state index contributed by atoms with van der Waals surface area (Å²) < 4.78 is 6.19. The molecule has 3 aliphatic rings. The fourth-order valence-electron chi connectivity index (χ4n) is 4.37. The highest BCUT2D eigenvalue weighted by Crippen LogP contribution is 2.53. The number of nitrogens with zero attached hydrogens (tertiary/aromatic N) is 2. The first-order chi connectivity index (χ1) is 14.1. The molecular weight excluding hydrogens is 436 g/mol. The number of aromatic nitrogens is 1. The summed E-state index contributed by atoms with van der Waals surface area (Å²) in [4.78, 5) is 32.1. The molecule has 2 amide bonds. The van der Waals surface area contributed by atoms with Gasteiger partial charge in [-0.05, 0) is 58.6 Å². The van der Waals surface area contributed by atoms with Gasteiger partial charge in [-0.25, -0.2) is 4.98 Å². The normalized spacial score (nSPS) is 19.5. The van der Waals surface area contributed by atoms with Crippen LogP contribution >= 0.6 is 15.9 Å². The van der Waals surface area contributed by atoms with Gasteiger partial charge in [0.2, 0.25) is 5.91 Å². The van der Waals surface area contributed by atoms with E-state index in [2.05, 4.69) is 36.4 Å². The first-order valence-corrected chi connectivity index (χ1v) is 10.6. The molecule has 2 N–H and O–H groups in total. The Bertz CT molecular complexity index is 999. The molecule has 2 aromatic rings. The maximum atomic E-state index is 13.1. The number of carbonyl (C=O) groups is 2. The standard InChI is InChI=1S/C21H21BrN4O3/c22-16-12-13(11-15-17(16)25-20(28)21(15)4-2-5-21)24-19(27)14-3-1-6-23-18(14)26-7-9-29-10-8-26/h1,3,6,11-12H,2,4-5,7-10H2,(H,24,27)(H,25,28). The first kappa shape index (κ1) is 18.6. The number of fused-ring (bicyclic) bond motifs is 2. The topological polar surface area (TPSA) is 83.6 Å². The van der Waals surface area contributed by atoms with Crippen LogP contribution in [0.4, 0.5) is 17.2 Å². The van der Waals surface area contributed by atoms with Gasteiger partial charge in [-0.1, -0.05) is 6.42 Å². The van der Waals surface area contributed by atoms with E-state index >= 15 is 0 Å². The molecule has 1 saturated carbocycles. The Balaban J connectivity index is 1.44. The molecule has 1 aliphatic carbocycles. The Kier molecular flexibility index (Phi) is 4.55. The summed E-state index contributed by atoms with van der Waals surface area (Å²) in [6, 6.07) is 7.32. The second-order valence-electron chi connectivity index (χ2n) is 7.70. The number of nitrogens with one attached hydrogen (secondary N) is 2. The van der Waals surface area contributed by atoms with Gasteiger partial charge < -0.3 is 20.3 Å². The second kappa shape index (κ2) is 7.11. The number of hydrogen-bond donors (Lipinski definition) is 2. The third-order valence-corrected chi connectivity index (χ3v) is 6.71. The predicted octanol–water partition coefficient (Wildman–Crippen LogP) is 3.31. The van der Waals surface area contributed by atoms with E-state index in [4.69, 9.17) is 4.74 Å². The van der Waals surface area contributed by atoms with E-state index in [0.29, 0.717) is 43.4 Å². The molecule has 2 fully saturated rings. The van der Waals surface area contributed by atoms with Crippen LogP contribution in [0.15, 0.2) is 34.9 Å². The van der Waals surface area contributed by atoms with Gasteiger partial charge >= 0.3 is 0 Å². The number of pyridine rings is 1. The number of anilines is 3. The Morgan fingerprint density at radius 3 is 2.79 bits per heavy atom. The van der Waals surface area contributed by atoms with Crippen molar-refractivity contribution in [3.63, 3.8) is 0 Å². The van der Waals surface area contributed by atoms with Gasteiger partial charge in [0.05, 0.1) is 29.9 Å². The van der Waals surface area contributed by atoms with Gasteiger partial charge in [-0.3, -0.25) is 9.59 Å². The Hall–Kier alpha value is -2.45. The summed E-state index contributed by atoms with van der Waals surface area (Å²) in [5.74, 6) is 0.511. The SMILES string of the molecule is O=C(Nc1cc(Br)c2c(c1)C1(CCC1)C(=O)N2)c1cccnc1N1CCOCC1. The van der Waals surface area contributed by atoms with Gasteiger partial charge in [0.15, 0.2) is 0 Å². The summed E-state index contributed by atoms with van der Waals surface area (Å²) in [5, 5.41) is 6.00. The van der Waals surface area contributed by atoms with Crippen LogP contribution in [0, 0.1) is 0 Å². The Morgan fingerprint density at radius 1 is 1.28 bits per heavy atom. The van der Waals surface area contributed by atoms with Crippen LogP contribution in [0.5, 0.6) is 0 Å². The molecule has 0 bridgehead atoms. The third kappa shape index (κ3) is 3.02. The molecule has 5 rings (SSSR count). The molecule has 2 aliphatic heterocycles. The van der Waals surface area contributed by atoms with Crippen LogP contribution < -0.4 is 15.5 Å². The van der Waals surface area contributed by atoms with Gasteiger partial charge in [-0.15, -0.1) is 0 Å². The van der Waals surface area contributed by atoms with Gasteiger partial charge in [-0.2, -0.15) is 0 Å². The van der Waals surface area contributed by atoms with Crippen LogP contribution in [0.2, 0.25) is 0 Å². The number of amides is 2. The Morgan fingerprint density at radius 2 is 2.07 bits per heavy atom. The lowest BCUT2D eigenvalue weighted by atomic mass is 9.65. The van der Waals surface area contributed by atoms with E-state index < -0.39 is 5.41 Å². The average Bonchev–Trinajstić information content (AvgIpc) is 3.01. The van der Waals surface area contributed by atoms with Crippen LogP contribution in [-0.4, -0.2) is 43.1 Å². The number of carbonyl (C=O) groups excluding carboxylic acids is 2. The molecule has 3 heterocycles. The van der Waals surface area contributed by atoms with E-state index in [1.165, 1.54) is 0 Å². The van der Waals surface area contributed by atoms with Crippen LogP contribution in [0.25, 0.3) is 0 Å². The summed E-state index contributed by atoms with van der Waals surface area (Å²) >= 11 is 3.55. The molecule has 0 unspecified atom stereocenters. The number of halogens is 1. The van der Waals surface area contributed by atoms with Crippen LogP contribution in [-0.2, 0) is 14.9 Å². The quantitative estimate of drug-likeness (QED) is 0.739. The lowest BCUT2D eigenvalue weighted by Crippen LogP contribution is -2.40. The van der Waals surface area contributed by atoms with Crippen molar-refractivity contribution >= 4 is 44.9 Å². The number of hydrogen-bond acceptors (Lipinski definition) is 5. The van der Waals surface area contributed by atoms with E-state index in [1.807, 2.05) is 12.1 Å². The molecule has 1 aromatic heterocycles. The largest absolute Gasteiger partial charge is 0.378 e. The Labute approximate surface area is 177 Å². The minimum atomic E-state index is -0.439. The maximum Gasteiger partial charge on any atom is 0.259 e. The van der Waals surface area contributed by atoms with Gasteiger partial charge in [0.25, 0.3) is 5.91 Å². The second-order valence-corrected chi connectivity index (χ2v) is 8.55. The summed E-state index contributed by atoms with van der Waals surface area (Å²) in [6.07, 6.45) is 4.43. The fourth-order valence-corrected chi connectivity index (χ4v) is 4.92. The lowest BCUT2D eigenvalue weighted by Gasteiger charge is -2.36. The molecule has 8 heteroatoms. The van der Waals surface area contributed by atoms with E-state index in [-0.39, 0.29) is 11.8 Å².